The fourth-order valence-electron chi connectivity index (χ4n) is 9.16. The topological polar surface area (TPSA) is 43.6 Å². The van der Waals surface area contributed by atoms with Crippen LogP contribution in [0.15, 0.2) is 254 Å². The Hall–Kier alpha value is -8.55. The molecule has 0 saturated heterocycles. The number of rotatable bonds is 9. The Kier molecular flexibility index (Phi) is 5.76. The first kappa shape index (κ1) is 23.4. The first-order chi connectivity index (χ1) is 43.8. The molecule has 0 amide bonds. The summed E-state index contributed by atoms with van der Waals surface area (Å²) in [6.45, 7) is 0. The molecule has 0 fully saturated rings. The van der Waals surface area contributed by atoms with Crippen LogP contribution in [-0.4, -0.2) is 27.6 Å². The van der Waals surface area contributed by atoms with Gasteiger partial charge in [-0.25, -0.2) is 15.0 Å². The summed E-state index contributed by atoms with van der Waals surface area (Å²) in [4.78, 5) is 14.7. The number of nitrogens with zero attached hydrogens (tertiary/aromatic N) is 4. The van der Waals surface area contributed by atoms with Crippen molar-refractivity contribution in [2.75, 3.05) is 0 Å². The van der Waals surface area contributed by atoms with Crippen LogP contribution in [0.2, 0.25) is 0 Å². The summed E-state index contributed by atoms with van der Waals surface area (Å²) in [6, 6.07) is 18.8. The van der Waals surface area contributed by atoms with Crippen molar-refractivity contribution < 1.29 is 31.5 Å². The SMILES string of the molecule is [2H]c1c([2H])c([2H])c(-c2c([2H])c([2H])c([2H])c3sc4c([2H])c([2H])c([2H])c([2H])c4c23)c(-c2nc(-c3ccc([Si](c4ccccc4)(c4ccccc4)c4ccccc4)cc3)nc(-c3c([2H])c([2H])c([2H])c([2H])c3-n3c4c([2H])c([2H])c([2H])c([2H])c4c4c([2H])c([2H])c([2H])c([2H])c43)n2)c1[2H]. The Morgan fingerprint density at radius 3 is 1.43 bits per heavy atom. The highest BCUT2D eigenvalue weighted by atomic mass is 32.1. The maximum Gasteiger partial charge on any atom is 0.179 e. The minimum Gasteiger partial charge on any atom is -0.309 e. The van der Waals surface area contributed by atoms with Crippen LogP contribution < -0.4 is 20.7 Å². The number of hydrogen-bond donors (Lipinski definition) is 0. The van der Waals surface area contributed by atoms with Crippen LogP contribution in [0, 0.1) is 0 Å². The molecule has 0 saturated carbocycles. The first-order valence-corrected chi connectivity index (χ1v) is 24.3. The second-order valence-electron chi connectivity index (χ2n) is 15.7. The van der Waals surface area contributed by atoms with E-state index in [4.69, 9.17) is 32.8 Å². The minimum absolute atomic E-state index is 0.0919. The van der Waals surface area contributed by atoms with Crippen molar-refractivity contribution in [1.29, 1.82) is 0 Å². The maximum absolute atomic E-state index is 9.83. The molecule has 4 nitrogen and oxygen atoms in total. The standard InChI is InChI=1S/C63H42N4SSi/c1-4-21-44(22-5-1)69(45-23-6-2-7-24-45,46-25-8-3-9-26-46)47-41-39-43(40-42-47)61-64-62(52-30-11-10-27-48(52)51-33-20-38-59-60(51)54-32-15-19-37-58(54)68-59)66-63(65-61)53-31-14-18-36-57(53)67-55-34-16-12-28-49(55)50-29-13-17-35-56(50)67/h1-42H/i10D,11D,12D,13D,14D,15D,16D,17D,18D,19D,20D,27D,28D,29D,30D,31D,32D,33D,34D,35D,36D,37D,38D. The fraction of sp³-hybridized carbons (Fsp3) is 0. The lowest BCUT2D eigenvalue weighted by molar-refractivity contribution is 1.06. The predicted molar refractivity (Wildman–Crippen MR) is 292 cm³/mol. The molecular formula is C63H42N4SSi. The number of thiophene rings is 1. The van der Waals surface area contributed by atoms with E-state index in [9.17, 15) is 13.7 Å². The summed E-state index contributed by atoms with van der Waals surface area (Å²) < 4.78 is 212. The van der Waals surface area contributed by atoms with Crippen LogP contribution in [0.25, 0.3) is 93.0 Å². The average molecular weight is 938 g/mol. The minimum atomic E-state index is -3.25. The lowest BCUT2D eigenvalue weighted by Gasteiger charge is -2.34. The molecule has 0 aliphatic carbocycles. The molecule has 3 aromatic heterocycles. The zero-order valence-electron chi connectivity index (χ0n) is 58.7. The van der Waals surface area contributed by atoms with Gasteiger partial charge in [0.25, 0.3) is 0 Å². The average Bonchev–Trinajstić information content (AvgIpc) is 1.53. The van der Waals surface area contributed by atoms with Gasteiger partial charge in [-0.3, -0.25) is 0 Å². The van der Waals surface area contributed by atoms with Gasteiger partial charge in [-0.2, -0.15) is 0 Å². The van der Waals surface area contributed by atoms with Gasteiger partial charge in [0.05, 0.1) is 48.2 Å². The van der Waals surface area contributed by atoms with Crippen LogP contribution in [0.1, 0.15) is 31.5 Å². The molecular weight excluding hydrogens is 873 g/mol. The summed E-state index contributed by atoms with van der Waals surface area (Å²) in [7, 11) is -3.25. The molecule has 0 aliphatic rings. The molecule has 0 spiro atoms. The van der Waals surface area contributed by atoms with Gasteiger partial charge < -0.3 is 4.57 Å². The summed E-state index contributed by atoms with van der Waals surface area (Å²) in [5.41, 5.74) is -3.93. The van der Waals surface area contributed by atoms with Crippen LogP contribution in [-0.2, 0) is 0 Å². The molecule has 0 N–H and O–H groups in total. The molecule has 13 aromatic rings. The highest BCUT2D eigenvalue weighted by Crippen LogP contribution is 2.43. The largest absolute Gasteiger partial charge is 0.309 e. The Balaban J connectivity index is 1.20. The summed E-state index contributed by atoms with van der Waals surface area (Å²) in [6.07, 6.45) is 0. The summed E-state index contributed by atoms with van der Waals surface area (Å²) in [5, 5.41) is 2.56. The fourth-order valence-corrected chi connectivity index (χ4v) is 14.9. The third kappa shape index (κ3) is 6.75. The Morgan fingerprint density at radius 1 is 0.362 bits per heavy atom. The number of aromatic nitrogens is 4. The van der Waals surface area contributed by atoms with E-state index < -0.39 is 208 Å². The van der Waals surface area contributed by atoms with Gasteiger partial charge >= 0.3 is 0 Å². The lowest BCUT2D eigenvalue weighted by Crippen LogP contribution is -2.74. The Labute approximate surface area is 437 Å². The molecule has 0 atom stereocenters. The smallest absolute Gasteiger partial charge is 0.179 e. The third-order valence-electron chi connectivity index (χ3n) is 12.1. The van der Waals surface area contributed by atoms with Crippen molar-refractivity contribution in [2.45, 2.75) is 0 Å². The van der Waals surface area contributed by atoms with Gasteiger partial charge in [-0.1, -0.05) is 218 Å². The monoisotopic (exact) mass is 937 g/mol. The molecule has 0 unspecified atom stereocenters. The normalized spacial score (nSPS) is 16.4. The zero-order valence-corrected chi connectivity index (χ0v) is 37.5. The maximum atomic E-state index is 9.83. The molecule has 13 rings (SSSR count). The van der Waals surface area contributed by atoms with Crippen molar-refractivity contribution in [3.05, 3.63) is 254 Å². The molecule has 324 valence electrons. The van der Waals surface area contributed by atoms with Crippen molar-refractivity contribution in [1.82, 2.24) is 19.5 Å². The zero-order chi connectivity index (χ0) is 65.7. The van der Waals surface area contributed by atoms with E-state index >= 15 is 0 Å². The van der Waals surface area contributed by atoms with E-state index in [1.807, 2.05) is 66.7 Å². The van der Waals surface area contributed by atoms with Crippen LogP contribution in [0.3, 0.4) is 0 Å². The van der Waals surface area contributed by atoms with Crippen LogP contribution >= 0.6 is 11.3 Å². The van der Waals surface area contributed by atoms with Crippen molar-refractivity contribution in [3.8, 4) is 51.0 Å². The summed E-state index contributed by atoms with van der Waals surface area (Å²) >= 11 is 0.714. The molecule has 6 heteroatoms. The van der Waals surface area contributed by atoms with Crippen molar-refractivity contribution in [2.24, 2.45) is 0 Å². The van der Waals surface area contributed by atoms with Crippen molar-refractivity contribution in [3.63, 3.8) is 0 Å². The lowest BCUT2D eigenvalue weighted by atomic mass is 9.95. The number of para-hydroxylation sites is 3. The second-order valence-corrected chi connectivity index (χ2v) is 20.6. The number of benzene rings is 10. The number of hydrogen-bond acceptors (Lipinski definition) is 4. The highest BCUT2D eigenvalue weighted by Gasteiger charge is 2.41. The molecule has 10 aromatic carbocycles. The first-order valence-electron chi connectivity index (χ1n) is 33.0. The van der Waals surface area contributed by atoms with E-state index in [1.165, 1.54) is 0 Å². The van der Waals surface area contributed by atoms with Gasteiger partial charge in [-0.05, 0) is 68.1 Å². The van der Waals surface area contributed by atoms with Crippen LogP contribution in [0.4, 0.5) is 0 Å². The van der Waals surface area contributed by atoms with E-state index in [0.29, 0.717) is 11.3 Å². The van der Waals surface area contributed by atoms with E-state index in [1.54, 1.807) is 12.1 Å². The van der Waals surface area contributed by atoms with Crippen LogP contribution in [0.5, 0.6) is 0 Å². The predicted octanol–water partition coefficient (Wildman–Crippen LogP) is 13.4. The number of fused-ring (bicyclic) bond motifs is 6. The Bertz CT molecular complexity index is 5210. The van der Waals surface area contributed by atoms with E-state index in [2.05, 4.69) is 36.4 Å². The van der Waals surface area contributed by atoms with E-state index in [0.717, 1.165) is 25.3 Å². The van der Waals surface area contributed by atoms with Gasteiger partial charge in [0.1, 0.15) is 0 Å². The molecule has 69 heavy (non-hydrogen) atoms. The van der Waals surface area contributed by atoms with Crippen molar-refractivity contribution >= 4 is 82.1 Å². The molecule has 0 radical (unpaired) electrons. The summed E-state index contributed by atoms with van der Waals surface area (Å²) in [5.74, 6) is -1.68. The van der Waals surface area contributed by atoms with E-state index in [-0.39, 0.29) is 31.6 Å². The third-order valence-corrected chi connectivity index (χ3v) is 17.9. The van der Waals surface area contributed by atoms with Gasteiger partial charge in [0.2, 0.25) is 0 Å². The quantitative estimate of drug-likeness (QED) is 0.107. The molecule has 3 heterocycles. The van der Waals surface area contributed by atoms with Gasteiger partial charge in [-0.15, -0.1) is 11.3 Å². The Morgan fingerprint density at radius 2 is 0.812 bits per heavy atom. The molecule has 0 aliphatic heterocycles. The molecule has 0 bridgehead atoms. The second kappa shape index (κ2) is 17.0. The highest BCUT2D eigenvalue weighted by molar-refractivity contribution is 7.26. The van der Waals surface area contributed by atoms with Gasteiger partial charge in [0, 0.05) is 47.6 Å². The van der Waals surface area contributed by atoms with Gasteiger partial charge in [0.15, 0.2) is 25.5 Å².